The molecule has 0 spiro atoms. The number of ether oxygens (including phenoxy) is 1. The lowest BCUT2D eigenvalue weighted by molar-refractivity contribution is -0.117. The van der Waals surface area contributed by atoms with Crippen LogP contribution in [0.1, 0.15) is 5.56 Å². The molecular formula is C20H22N4O2. The van der Waals surface area contributed by atoms with Crippen molar-refractivity contribution in [2.24, 2.45) is 0 Å². The average Bonchev–Trinajstić information content (AvgIpc) is 3.10. The predicted molar refractivity (Wildman–Crippen MR) is 102 cm³/mol. The maximum absolute atomic E-state index is 12.2. The summed E-state index contributed by atoms with van der Waals surface area (Å²) in [7, 11) is 3.51. The lowest BCUT2D eigenvalue weighted by atomic mass is 10.3. The Labute approximate surface area is 153 Å². The van der Waals surface area contributed by atoms with Gasteiger partial charge in [-0.3, -0.25) is 9.69 Å². The van der Waals surface area contributed by atoms with Gasteiger partial charge < -0.3 is 10.1 Å². The third kappa shape index (κ3) is 4.70. The molecule has 0 bridgehead atoms. The van der Waals surface area contributed by atoms with Crippen LogP contribution in [0.3, 0.4) is 0 Å². The standard InChI is InChI=1S/C20H22N4O2/c1-23(15-20(25)22-17-7-6-10-19(11-17)26-2)13-16-12-21-24(14-16)18-8-4-3-5-9-18/h3-12,14H,13,15H2,1-2H3,(H,22,25). The molecule has 0 aliphatic rings. The summed E-state index contributed by atoms with van der Waals surface area (Å²) >= 11 is 0. The van der Waals surface area contributed by atoms with Crippen LogP contribution in [0.5, 0.6) is 5.75 Å². The fourth-order valence-electron chi connectivity index (χ4n) is 2.68. The second-order valence-electron chi connectivity index (χ2n) is 6.08. The fraction of sp³-hybridized carbons (Fsp3) is 0.200. The van der Waals surface area contributed by atoms with E-state index in [0.29, 0.717) is 12.3 Å². The first-order chi connectivity index (χ1) is 12.6. The molecule has 6 nitrogen and oxygen atoms in total. The molecule has 0 aliphatic heterocycles. The number of para-hydroxylation sites is 1. The highest BCUT2D eigenvalue weighted by atomic mass is 16.5. The number of methoxy groups -OCH3 is 1. The summed E-state index contributed by atoms with van der Waals surface area (Å²) in [6.07, 6.45) is 3.80. The number of carbonyl (C=O) groups excluding carboxylic acids is 1. The van der Waals surface area contributed by atoms with E-state index in [1.165, 1.54) is 0 Å². The first-order valence-electron chi connectivity index (χ1n) is 8.35. The second-order valence-corrected chi connectivity index (χ2v) is 6.08. The van der Waals surface area contributed by atoms with Gasteiger partial charge in [0.05, 0.1) is 25.5 Å². The van der Waals surface area contributed by atoms with E-state index < -0.39 is 0 Å². The molecule has 2 aromatic carbocycles. The van der Waals surface area contributed by atoms with Crippen molar-refractivity contribution in [1.82, 2.24) is 14.7 Å². The molecule has 0 unspecified atom stereocenters. The number of nitrogens with zero attached hydrogens (tertiary/aromatic N) is 3. The van der Waals surface area contributed by atoms with E-state index in [9.17, 15) is 4.79 Å². The first kappa shape index (κ1) is 17.7. The van der Waals surface area contributed by atoms with E-state index in [1.807, 2.05) is 77.6 Å². The van der Waals surface area contributed by atoms with E-state index in [4.69, 9.17) is 4.74 Å². The molecule has 3 aromatic rings. The summed E-state index contributed by atoms with van der Waals surface area (Å²) in [5, 5.41) is 7.26. The lowest BCUT2D eigenvalue weighted by Gasteiger charge is -2.15. The van der Waals surface area contributed by atoms with Crippen LogP contribution in [0.15, 0.2) is 67.0 Å². The molecule has 0 saturated heterocycles. The number of carbonyl (C=O) groups is 1. The minimum Gasteiger partial charge on any atom is -0.497 e. The van der Waals surface area contributed by atoms with Gasteiger partial charge in [0.15, 0.2) is 0 Å². The Hall–Kier alpha value is -3.12. The molecule has 1 aromatic heterocycles. The zero-order valence-electron chi connectivity index (χ0n) is 14.9. The largest absolute Gasteiger partial charge is 0.497 e. The van der Waals surface area contributed by atoms with Crippen molar-refractivity contribution >= 4 is 11.6 Å². The van der Waals surface area contributed by atoms with Crippen LogP contribution >= 0.6 is 0 Å². The van der Waals surface area contributed by atoms with E-state index in [0.717, 1.165) is 16.9 Å². The monoisotopic (exact) mass is 350 g/mol. The molecule has 0 radical (unpaired) electrons. The topological polar surface area (TPSA) is 59.4 Å². The van der Waals surface area contributed by atoms with Crippen molar-refractivity contribution in [1.29, 1.82) is 0 Å². The summed E-state index contributed by atoms with van der Waals surface area (Å²) in [4.78, 5) is 14.2. The van der Waals surface area contributed by atoms with Crippen LogP contribution in [0, 0.1) is 0 Å². The summed E-state index contributed by atoms with van der Waals surface area (Å²) < 4.78 is 7.00. The zero-order valence-corrected chi connectivity index (χ0v) is 14.9. The van der Waals surface area contributed by atoms with Crippen molar-refractivity contribution in [2.45, 2.75) is 6.54 Å². The van der Waals surface area contributed by atoms with Gasteiger partial charge in [-0.15, -0.1) is 0 Å². The van der Waals surface area contributed by atoms with E-state index in [2.05, 4.69) is 10.4 Å². The SMILES string of the molecule is COc1cccc(NC(=O)CN(C)Cc2cnn(-c3ccccc3)c2)c1. The molecule has 0 fully saturated rings. The highest BCUT2D eigenvalue weighted by Crippen LogP contribution is 2.16. The molecule has 0 saturated carbocycles. The van der Waals surface area contributed by atoms with Gasteiger partial charge in [0, 0.05) is 30.1 Å². The summed E-state index contributed by atoms with van der Waals surface area (Å²) in [6.45, 7) is 0.923. The van der Waals surface area contributed by atoms with Gasteiger partial charge in [-0.2, -0.15) is 5.10 Å². The van der Waals surface area contributed by atoms with Crippen molar-refractivity contribution in [3.05, 3.63) is 72.6 Å². The Kier molecular flexibility index (Phi) is 5.66. The summed E-state index contributed by atoms with van der Waals surface area (Å²) in [5.74, 6) is 0.640. The second kappa shape index (κ2) is 8.31. The third-order valence-electron chi connectivity index (χ3n) is 3.88. The van der Waals surface area contributed by atoms with Crippen molar-refractivity contribution in [2.75, 3.05) is 26.0 Å². The maximum atomic E-state index is 12.2. The van der Waals surface area contributed by atoms with Gasteiger partial charge in [-0.25, -0.2) is 4.68 Å². The third-order valence-corrected chi connectivity index (χ3v) is 3.88. The van der Waals surface area contributed by atoms with Crippen molar-refractivity contribution < 1.29 is 9.53 Å². The first-order valence-corrected chi connectivity index (χ1v) is 8.35. The Balaban J connectivity index is 1.54. The Morgan fingerprint density at radius 1 is 1.19 bits per heavy atom. The van der Waals surface area contributed by atoms with Crippen LogP contribution in [-0.2, 0) is 11.3 Å². The molecule has 0 aliphatic carbocycles. The van der Waals surface area contributed by atoms with Crippen molar-refractivity contribution in [3.8, 4) is 11.4 Å². The molecule has 134 valence electrons. The van der Waals surface area contributed by atoms with Gasteiger partial charge in [0.2, 0.25) is 5.91 Å². The fourth-order valence-corrected chi connectivity index (χ4v) is 2.68. The molecule has 1 heterocycles. The van der Waals surface area contributed by atoms with Crippen LogP contribution in [0.2, 0.25) is 0 Å². The molecule has 26 heavy (non-hydrogen) atoms. The molecule has 6 heteroatoms. The van der Waals surface area contributed by atoms with Gasteiger partial charge in [0.1, 0.15) is 5.75 Å². The smallest absolute Gasteiger partial charge is 0.238 e. The van der Waals surface area contributed by atoms with Gasteiger partial charge >= 0.3 is 0 Å². The molecule has 1 N–H and O–H groups in total. The number of aromatic nitrogens is 2. The number of benzene rings is 2. The van der Waals surface area contributed by atoms with Gasteiger partial charge in [-0.1, -0.05) is 24.3 Å². The van der Waals surface area contributed by atoms with Gasteiger partial charge in [0.25, 0.3) is 0 Å². The quantitative estimate of drug-likeness (QED) is 0.712. The highest BCUT2D eigenvalue weighted by Gasteiger charge is 2.09. The van der Waals surface area contributed by atoms with E-state index in [1.54, 1.807) is 13.2 Å². The Morgan fingerprint density at radius 3 is 2.77 bits per heavy atom. The van der Waals surface area contributed by atoms with Crippen LogP contribution in [0.4, 0.5) is 5.69 Å². The molecule has 1 amide bonds. The van der Waals surface area contributed by atoms with Gasteiger partial charge in [-0.05, 0) is 31.3 Å². The normalized spacial score (nSPS) is 10.7. The number of hydrogen-bond donors (Lipinski definition) is 1. The minimum atomic E-state index is -0.0730. The number of anilines is 1. The summed E-state index contributed by atoms with van der Waals surface area (Å²) in [6, 6.07) is 17.2. The Morgan fingerprint density at radius 2 is 2.00 bits per heavy atom. The number of hydrogen-bond acceptors (Lipinski definition) is 4. The van der Waals surface area contributed by atoms with E-state index >= 15 is 0 Å². The van der Waals surface area contributed by atoms with E-state index in [-0.39, 0.29) is 12.5 Å². The number of rotatable bonds is 7. The minimum absolute atomic E-state index is 0.0730. The average molecular weight is 350 g/mol. The highest BCUT2D eigenvalue weighted by molar-refractivity contribution is 5.92. The Bertz CT molecular complexity index is 861. The zero-order chi connectivity index (χ0) is 18.4. The lowest BCUT2D eigenvalue weighted by Crippen LogP contribution is -2.29. The molecule has 3 rings (SSSR count). The van der Waals surface area contributed by atoms with Crippen molar-refractivity contribution in [3.63, 3.8) is 0 Å². The summed E-state index contributed by atoms with van der Waals surface area (Å²) in [5.41, 5.74) is 2.78. The number of nitrogens with one attached hydrogen (secondary N) is 1. The van der Waals surface area contributed by atoms with Crippen LogP contribution in [0.25, 0.3) is 5.69 Å². The van der Waals surface area contributed by atoms with Crippen LogP contribution < -0.4 is 10.1 Å². The van der Waals surface area contributed by atoms with Crippen LogP contribution in [-0.4, -0.2) is 41.3 Å². The number of amides is 1. The molecule has 0 atom stereocenters. The number of likely N-dealkylation sites (N-methyl/N-ethyl adjacent to an activating group) is 1. The predicted octanol–water partition coefficient (Wildman–Crippen LogP) is 2.95. The maximum Gasteiger partial charge on any atom is 0.238 e. The molecular weight excluding hydrogens is 328 g/mol.